The minimum absolute atomic E-state index is 0.0288. The van der Waals surface area contributed by atoms with Crippen molar-refractivity contribution in [2.24, 2.45) is 0 Å². The number of fused-ring (bicyclic) bond motifs is 1. The van der Waals surface area contributed by atoms with Crippen molar-refractivity contribution in [3.63, 3.8) is 0 Å². The molecule has 7 heteroatoms. The fourth-order valence-electron chi connectivity index (χ4n) is 2.80. The number of aromatic hydroxyl groups is 1. The van der Waals surface area contributed by atoms with Gasteiger partial charge >= 0.3 is 0 Å². The van der Waals surface area contributed by atoms with Gasteiger partial charge in [-0.3, -0.25) is 4.57 Å². The lowest BCUT2D eigenvalue weighted by Gasteiger charge is -2.20. The number of aromatic nitrogens is 4. The average molecular weight is 348 g/mol. The van der Waals surface area contributed by atoms with Crippen LogP contribution < -0.4 is 5.73 Å². The first kappa shape index (κ1) is 19.4. The van der Waals surface area contributed by atoms with Crippen LogP contribution in [0.3, 0.4) is 0 Å². The van der Waals surface area contributed by atoms with E-state index in [1.54, 1.807) is 4.57 Å². The number of nitrogens with zero attached hydrogens (tertiary/aromatic N) is 5. The van der Waals surface area contributed by atoms with Crippen molar-refractivity contribution in [2.45, 2.75) is 71.9 Å². The molecule has 0 spiro atoms. The Hall–Kier alpha value is -1.89. The molecular formula is C18H32N6O. The third kappa shape index (κ3) is 5.04. The van der Waals surface area contributed by atoms with Crippen molar-refractivity contribution in [1.82, 2.24) is 24.4 Å². The van der Waals surface area contributed by atoms with Crippen LogP contribution in [-0.2, 0) is 13.0 Å². The Morgan fingerprint density at radius 3 is 2.56 bits per heavy atom. The molecule has 0 aliphatic rings. The second-order valence-electron chi connectivity index (χ2n) is 7.00. The largest absolute Gasteiger partial charge is 0.480 e. The molecule has 0 aliphatic carbocycles. The number of nitrogen functional groups attached to an aromatic ring is 1. The zero-order valence-corrected chi connectivity index (χ0v) is 16.0. The van der Waals surface area contributed by atoms with Crippen LogP contribution in [0, 0.1) is 0 Å². The standard InChI is InChI=1S/C18H32N6O/c1-5-6-7-10-14-20-16(19)15-17(21-14)24(18(25)22-15)12-9-8-11-23(4)13(2)3/h13H,5-12H2,1-4H3,(H,22,25)(H2,19,20,21). The van der Waals surface area contributed by atoms with Crippen molar-refractivity contribution in [3.8, 4) is 6.01 Å². The van der Waals surface area contributed by atoms with Gasteiger partial charge in [-0.25, -0.2) is 9.97 Å². The van der Waals surface area contributed by atoms with Gasteiger partial charge in [0.05, 0.1) is 0 Å². The van der Waals surface area contributed by atoms with E-state index < -0.39 is 0 Å². The van der Waals surface area contributed by atoms with Gasteiger partial charge in [-0.2, -0.15) is 4.98 Å². The molecule has 2 rings (SSSR count). The van der Waals surface area contributed by atoms with Gasteiger partial charge in [0.25, 0.3) is 6.01 Å². The van der Waals surface area contributed by atoms with Gasteiger partial charge in [-0.15, -0.1) is 0 Å². The van der Waals surface area contributed by atoms with Crippen molar-refractivity contribution in [2.75, 3.05) is 19.3 Å². The minimum atomic E-state index is -0.0288. The number of unbranched alkanes of at least 4 members (excludes halogenated alkanes) is 3. The summed E-state index contributed by atoms with van der Waals surface area (Å²) in [5, 5.41) is 10.2. The molecule has 2 heterocycles. The van der Waals surface area contributed by atoms with Crippen LogP contribution in [0.4, 0.5) is 5.82 Å². The van der Waals surface area contributed by atoms with E-state index in [-0.39, 0.29) is 6.01 Å². The van der Waals surface area contributed by atoms with E-state index in [2.05, 4.69) is 47.7 Å². The van der Waals surface area contributed by atoms with Crippen molar-refractivity contribution < 1.29 is 5.11 Å². The molecule has 2 aromatic rings. The summed E-state index contributed by atoms with van der Waals surface area (Å²) in [5.74, 6) is 1.09. The number of hydrogen-bond donors (Lipinski definition) is 2. The summed E-state index contributed by atoms with van der Waals surface area (Å²) in [4.78, 5) is 15.4. The lowest BCUT2D eigenvalue weighted by Crippen LogP contribution is -2.27. The lowest BCUT2D eigenvalue weighted by molar-refractivity contribution is 0.265. The highest BCUT2D eigenvalue weighted by atomic mass is 16.3. The molecule has 0 fully saturated rings. The van der Waals surface area contributed by atoms with Gasteiger partial charge < -0.3 is 15.7 Å². The summed E-state index contributed by atoms with van der Waals surface area (Å²) >= 11 is 0. The summed E-state index contributed by atoms with van der Waals surface area (Å²) in [6.07, 6.45) is 6.15. The predicted molar refractivity (Wildman–Crippen MR) is 102 cm³/mol. The van der Waals surface area contributed by atoms with E-state index in [1.165, 1.54) is 0 Å². The number of anilines is 1. The quantitative estimate of drug-likeness (QED) is 0.641. The first-order chi connectivity index (χ1) is 11.9. The molecule has 0 atom stereocenters. The van der Waals surface area contributed by atoms with Crippen LogP contribution in [0.1, 0.15) is 58.7 Å². The Bertz CT molecular complexity index is 682. The number of rotatable bonds is 10. The zero-order chi connectivity index (χ0) is 18.4. The summed E-state index contributed by atoms with van der Waals surface area (Å²) < 4.78 is 1.76. The van der Waals surface area contributed by atoms with Crippen LogP contribution in [-0.4, -0.2) is 49.2 Å². The maximum absolute atomic E-state index is 10.2. The topological polar surface area (TPSA) is 93.1 Å². The predicted octanol–water partition coefficient (Wildman–Crippen LogP) is 2.97. The fraction of sp³-hybridized carbons (Fsp3) is 0.722. The Morgan fingerprint density at radius 2 is 1.88 bits per heavy atom. The molecule has 25 heavy (non-hydrogen) atoms. The molecule has 0 amide bonds. The summed E-state index contributed by atoms with van der Waals surface area (Å²) in [5.41, 5.74) is 7.17. The Morgan fingerprint density at radius 1 is 1.12 bits per heavy atom. The highest BCUT2D eigenvalue weighted by Crippen LogP contribution is 2.23. The molecule has 0 bridgehead atoms. The van der Waals surface area contributed by atoms with Crippen LogP contribution in [0.25, 0.3) is 11.2 Å². The Labute approximate surface area is 150 Å². The van der Waals surface area contributed by atoms with Crippen molar-refractivity contribution in [3.05, 3.63) is 5.82 Å². The lowest BCUT2D eigenvalue weighted by atomic mass is 10.2. The summed E-state index contributed by atoms with van der Waals surface area (Å²) in [6, 6.07) is 0.514. The van der Waals surface area contributed by atoms with Gasteiger partial charge in [-0.1, -0.05) is 19.8 Å². The number of imidazole rings is 1. The molecular weight excluding hydrogens is 316 g/mol. The van der Waals surface area contributed by atoms with Gasteiger partial charge in [-0.05, 0) is 46.7 Å². The molecule has 0 radical (unpaired) electrons. The van der Waals surface area contributed by atoms with Crippen LogP contribution >= 0.6 is 0 Å². The molecule has 0 saturated carbocycles. The molecule has 3 N–H and O–H groups in total. The third-order valence-corrected chi connectivity index (χ3v) is 4.68. The molecule has 2 aromatic heterocycles. The maximum Gasteiger partial charge on any atom is 0.296 e. The van der Waals surface area contributed by atoms with Gasteiger partial charge in [0.15, 0.2) is 17.0 Å². The SMILES string of the molecule is CCCCCc1nc(N)c2nc(O)n(CCCCN(C)C(C)C)c2n1. The smallest absolute Gasteiger partial charge is 0.296 e. The monoisotopic (exact) mass is 348 g/mol. The Kier molecular flexibility index (Phi) is 6.99. The maximum atomic E-state index is 10.2. The third-order valence-electron chi connectivity index (χ3n) is 4.68. The fourth-order valence-corrected chi connectivity index (χ4v) is 2.80. The van der Waals surface area contributed by atoms with Crippen molar-refractivity contribution in [1.29, 1.82) is 0 Å². The van der Waals surface area contributed by atoms with E-state index in [0.717, 1.165) is 50.9 Å². The zero-order valence-electron chi connectivity index (χ0n) is 16.0. The van der Waals surface area contributed by atoms with Crippen LogP contribution in [0.15, 0.2) is 0 Å². The van der Waals surface area contributed by atoms with Crippen molar-refractivity contribution >= 4 is 17.0 Å². The average Bonchev–Trinajstić information content (AvgIpc) is 2.88. The highest BCUT2D eigenvalue weighted by molar-refractivity contribution is 5.82. The molecule has 0 saturated heterocycles. The van der Waals surface area contributed by atoms with Gasteiger partial charge in [0.2, 0.25) is 0 Å². The second-order valence-corrected chi connectivity index (χ2v) is 7.00. The minimum Gasteiger partial charge on any atom is -0.480 e. The molecule has 140 valence electrons. The molecule has 7 nitrogen and oxygen atoms in total. The first-order valence-electron chi connectivity index (χ1n) is 9.35. The number of aryl methyl sites for hydroxylation is 2. The van der Waals surface area contributed by atoms with E-state index in [9.17, 15) is 5.11 Å². The molecule has 0 aromatic carbocycles. The van der Waals surface area contributed by atoms with E-state index in [1.807, 2.05) is 0 Å². The van der Waals surface area contributed by atoms with Gasteiger partial charge in [0, 0.05) is 19.0 Å². The van der Waals surface area contributed by atoms with Crippen LogP contribution in [0.5, 0.6) is 6.01 Å². The number of hydrogen-bond acceptors (Lipinski definition) is 6. The van der Waals surface area contributed by atoms with Gasteiger partial charge in [0.1, 0.15) is 5.82 Å². The first-order valence-corrected chi connectivity index (χ1v) is 9.35. The summed E-state index contributed by atoms with van der Waals surface area (Å²) in [7, 11) is 2.13. The second kappa shape index (κ2) is 8.99. The molecule has 0 aliphatic heterocycles. The van der Waals surface area contributed by atoms with E-state index >= 15 is 0 Å². The number of nitrogens with two attached hydrogens (primary N) is 1. The summed E-state index contributed by atoms with van der Waals surface area (Å²) in [6.45, 7) is 8.26. The van der Waals surface area contributed by atoms with Crippen LogP contribution in [0.2, 0.25) is 0 Å². The molecule has 0 unspecified atom stereocenters. The highest BCUT2D eigenvalue weighted by Gasteiger charge is 2.16. The van der Waals surface area contributed by atoms with E-state index in [4.69, 9.17) is 5.73 Å². The van der Waals surface area contributed by atoms with E-state index in [0.29, 0.717) is 29.6 Å². The Balaban J connectivity index is 2.09. The normalized spacial score (nSPS) is 11.9.